The van der Waals surface area contributed by atoms with E-state index in [2.05, 4.69) is 11.4 Å². The van der Waals surface area contributed by atoms with E-state index in [-0.39, 0.29) is 14.8 Å². The van der Waals surface area contributed by atoms with Crippen LogP contribution in [0.5, 0.6) is 0 Å². The molecule has 0 saturated heterocycles. The Labute approximate surface area is 192 Å². The summed E-state index contributed by atoms with van der Waals surface area (Å²) in [4.78, 5) is -0.273. The molecule has 0 amide bonds. The lowest BCUT2D eigenvalue weighted by atomic mass is 10.1. The molecule has 0 aliphatic heterocycles. The predicted molar refractivity (Wildman–Crippen MR) is 129 cm³/mol. The van der Waals surface area contributed by atoms with Crippen LogP contribution in [0.2, 0.25) is 5.02 Å². The molecule has 0 atom stereocenters. The predicted octanol–water partition coefficient (Wildman–Crippen LogP) is 6.47. The number of nitriles is 1. The second kappa shape index (κ2) is 10.1. The standard InChI is InChI=1S/C24H21ClN2O2S2/c1-17-12-13-19(18(2)14-17)16-30-24(27-22-11-7-6-10-21(22)25)23(15-26)31(28,29)20-8-4-3-5-9-20/h3-14,27H,16H2,1-2H3/b24-23+. The third-order valence-corrected chi connectivity index (χ3v) is 7.86. The molecule has 3 aromatic carbocycles. The minimum absolute atomic E-state index is 0.0668. The van der Waals surface area contributed by atoms with Crippen LogP contribution in [-0.2, 0) is 15.6 Å². The Morgan fingerprint density at radius 1 is 1.03 bits per heavy atom. The van der Waals surface area contributed by atoms with Gasteiger partial charge in [-0.15, -0.1) is 11.8 Å². The molecule has 0 radical (unpaired) electrons. The van der Waals surface area contributed by atoms with Gasteiger partial charge in [0, 0.05) is 5.75 Å². The van der Waals surface area contributed by atoms with Crippen LogP contribution in [0.3, 0.4) is 0 Å². The smallest absolute Gasteiger partial charge is 0.219 e. The average molecular weight is 469 g/mol. The van der Waals surface area contributed by atoms with Gasteiger partial charge < -0.3 is 5.32 Å². The van der Waals surface area contributed by atoms with Crippen molar-refractivity contribution in [2.24, 2.45) is 0 Å². The fourth-order valence-electron chi connectivity index (χ4n) is 2.95. The lowest BCUT2D eigenvalue weighted by Gasteiger charge is -2.15. The van der Waals surface area contributed by atoms with Gasteiger partial charge in [-0.3, -0.25) is 0 Å². The Morgan fingerprint density at radius 3 is 2.35 bits per heavy atom. The SMILES string of the molecule is Cc1ccc(CS/C(Nc2ccccc2Cl)=C(\C#N)S(=O)(=O)c2ccccc2)c(C)c1. The number of nitrogens with one attached hydrogen (secondary N) is 1. The molecule has 158 valence electrons. The number of aryl methyl sites for hydroxylation is 2. The Hall–Kier alpha value is -2.72. The van der Waals surface area contributed by atoms with E-state index in [1.165, 1.54) is 23.9 Å². The summed E-state index contributed by atoms with van der Waals surface area (Å²) < 4.78 is 26.5. The topological polar surface area (TPSA) is 70.0 Å². The van der Waals surface area contributed by atoms with Gasteiger partial charge in [0.15, 0.2) is 4.91 Å². The Kier molecular flexibility index (Phi) is 7.45. The minimum atomic E-state index is -4.01. The number of nitrogens with zero attached hydrogens (tertiary/aromatic N) is 1. The van der Waals surface area contributed by atoms with E-state index in [0.717, 1.165) is 16.7 Å². The van der Waals surface area contributed by atoms with Crippen molar-refractivity contribution in [1.82, 2.24) is 0 Å². The molecule has 7 heteroatoms. The third kappa shape index (κ3) is 5.50. The molecular formula is C24H21ClN2O2S2. The average Bonchev–Trinajstić information content (AvgIpc) is 2.75. The number of anilines is 1. The zero-order valence-electron chi connectivity index (χ0n) is 17.1. The summed E-state index contributed by atoms with van der Waals surface area (Å²) in [5.41, 5.74) is 3.85. The molecular weight excluding hydrogens is 448 g/mol. The van der Waals surface area contributed by atoms with E-state index in [1.54, 1.807) is 42.5 Å². The van der Waals surface area contributed by atoms with Crippen molar-refractivity contribution in [2.75, 3.05) is 5.32 Å². The van der Waals surface area contributed by atoms with E-state index in [4.69, 9.17) is 11.6 Å². The molecule has 0 spiro atoms. The van der Waals surface area contributed by atoms with E-state index in [0.29, 0.717) is 16.5 Å². The molecule has 0 unspecified atom stereocenters. The van der Waals surface area contributed by atoms with Crippen LogP contribution in [0.15, 0.2) is 87.6 Å². The van der Waals surface area contributed by atoms with Crippen molar-refractivity contribution in [1.29, 1.82) is 5.26 Å². The summed E-state index contributed by atoms with van der Waals surface area (Å²) >= 11 is 7.54. The second-order valence-electron chi connectivity index (χ2n) is 6.91. The molecule has 0 saturated carbocycles. The monoisotopic (exact) mass is 468 g/mol. The zero-order chi connectivity index (χ0) is 22.4. The van der Waals surface area contributed by atoms with Crippen molar-refractivity contribution in [3.05, 3.63) is 104 Å². The maximum atomic E-state index is 13.2. The summed E-state index contributed by atoms with van der Waals surface area (Å²) in [6.07, 6.45) is 0. The summed E-state index contributed by atoms with van der Waals surface area (Å²) in [5.74, 6) is 0.494. The van der Waals surface area contributed by atoms with E-state index >= 15 is 0 Å². The summed E-state index contributed by atoms with van der Waals surface area (Å²) in [7, 11) is -4.01. The van der Waals surface area contributed by atoms with Crippen LogP contribution < -0.4 is 5.32 Å². The highest BCUT2D eigenvalue weighted by molar-refractivity contribution is 8.04. The van der Waals surface area contributed by atoms with Crippen molar-refractivity contribution in [3.63, 3.8) is 0 Å². The number of sulfone groups is 1. The number of hydrogen-bond donors (Lipinski definition) is 1. The van der Waals surface area contributed by atoms with Gasteiger partial charge in [0.25, 0.3) is 0 Å². The van der Waals surface area contributed by atoms with Gasteiger partial charge in [-0.05, 0) is 49.2 Å². The molecule has 3 aromatic rings. The molecule has 0 heterocycles. The van der Waals surface area contributed by atoms with Crippen molar-refractivity contribution >= 4 is 38.9 Å². The van der Waals surface area contributed by atoms with Gasteiger partial charge in [-0.2, -0.15) is 5.26 Å². The molecule has 0 aliphatic rings. The van der Waals surface area contributed by atoms with Crippen molar-refractivity contribution in [3.8, 4) is 6.07 Å². The van der Waals surface area contributed by atoms with Crippen LogP contribution >= 0.6 is 23.4 Å². The first-order valence-electron chi connectivity index (χ1n) is 9.48. The number of rotatable bonds is 7. The van der Waals surface area contributed by atoms with Gasteiger partial charge in [-0.25, -0.2) is 8.42 Å². The quantitative estimate of drug-likeness (QED) is 0.402. The number of halogens is 1. The van der Waals surface area contributed by atoms with Gasteiger partial charge in [-0.1, -0.05) is 65.7 Å². The van der Waals surface area contributed by atoms with Gasteiger partial charge in [0.2, 0.25) is 9.84 Å². The van der Waals surface area contributed by atoms with Crippen LogP contribution in [-0.4, -0.2) is 8.42 Å². The molecule has 31 heavy (non-hydrogen) atoms. The maximum Gasteiger partial charge on any atom is 0.219 e. The Morgan fingerprint density at radius 2 is 1.71 bits per heavy atom. The normalized spacial score (nSPS) is 12.1. The van der Waals surface area contributed by atoms with Crippen LogP contribution in [0.1, 0.15) is 16.7 Å². The van der Waals surface area contributed by atoms with Crippen molar-refractivity contribution in [2.45, 2.75) is 24.5 Å². The number of para-hydroxylation sites is 1. The first kappa shape index (κ1) is 23.0. The van der Waals surface area contributed by atoms with E-state index in [9.17, 15) is 13.7 Å². The van der Waals surface area contributed by atoms with Gasteiger partial charge >= 0.3 is 0 Å². The maximum absolute atomic E-state index is 13.2. The molecule has 0 aliphatic carbocycles. The highest BCUT2D eigenvalue weighted by atomic mass is 35.5. The molecule has 4 nitrogen and oxygen atoms in total. The molecule has 0 fully saturated rings. The highest BCUT2D eigenvalue weighted by Crippen LogP contribution is 2.33. The molecule has 0 bridgehead atoms. The van der Waals surface area contributed by atoms with Crippen molar-refractivity contribution < 1.29 is 8.42 Å². The van der Waals surface area contributed by atoms with Crippen LogP contribution in [0.4, 0.5) is 5.69 Å². The van der Waals surface area contributed by atoms with E-state index < -0.39 is 9.84 Å². The number of thioether (sulfide) groups is 1. The first-order chi connectivity index (χ1) is 14.8. The Bertz CT molecular complexity index is 1260. The molecule has 0 aromatic heterocycles. The van der Waals surface area contributed by atoms with Crippen LogP contribution in [0, 0.1) is 25.2 Å². The minimum Gasteiger partial charge on any atom is -0.347 e. The fourth-order valence-corrected chi connectivity index (χ4v) is 5.79. The number of benzene rings is 3. The summed E-state index contributed by atoms with van der Waals surface area (Å²) in [5, 5.41) is 13.6. The van der Waals surface area contributed by atoms with Gasteiger partial charge in [0.05, 0.1) is 15.6 Å². The molecule has 1 N–H and O–H groups in total. The summed E-state index contributed by atoms with van der Waals surface area (Å²) in [6.45, 7) is 4.04. The first-order valence-corrected chi connectivity index (χ1v) is 12.3. The van der Waals surface area contributed by atoms with Crippen LogP contribution in [0.25, 0.3) is 0 Å². The fraction of sp³-hybridized carbons (Fsp3) is 0.125. The number of allylic oxidation sites excluding steroid dienone is 1. The Balaban J connectivity index is 2.07. The lowest BCUT2D eigenvalue weighted by Crippen LogP contribution is -2.10. The largest absolute Gasteiger partial charge is 0.347 e. The summed E-state index contributed by atoms with van der Waals surface area (Å²) in [6, 6.07) is 23.0. The third-order valence-electron chi connectivity index (χ3n) is 4.62. The van der Waals surface area contributed by atoms with E-state index in [1.807, 2.05) is 32.0 Å². The zero-order valence-corrected chi connectivity index (χ0v) is 19.5. The molecule has 3 rings (SSSR count). The van der Waals surface area contributed by atoms with Gasteiger partial charge in [0.1, 0.15) is 11.1 Å². The number of hydrogen-bond acceptors (Lipinski definition) is 5. The second-order valence-corrected chi connectivity index (χ2v) is 10.2. The highest BCUT2D eigenvalue weighted by Gasteiger charge is 2.26. The lowest BCUT2D eigenvalue weighted by molar-refractivity contribution is 0.603.